The molecule has 1 unspecified atom stereocenters. The largest absolute Gasteiger partial charge is 0.497 e. The molecule has 1 fully saturated rings. The summed E-state index contributed by atoms with van der Waals surface area (Å²) in [5.74, 6) is 0.838. The maximum Gasteiger partial charge on any atom is 0.263 e. The van der Waals surface area contributed by atoms with Gasteiger partial charge in [0.2, 0.25) is 10.0 Å². The number of thiophene rings is 1. The third-order valence-electron chi connectivity index (χ3n) is 5.02. The van der Waals surface area contributed by atoms with Gasteiger partial charge in [-0.05, 0) is 49.4 Å². The molecule has 1 amide bonds. The van der Waals surface area contributed by atoms with Crippen molar-refractivity contribution in [3.8, 4) is 11.5 Å². The lowest BCUT2D eigenvalue weighted by molar-refractivity contribution is 0.0940. The van der Waals surface area contributed by atoms with Crippen LogP contribution in [0, 0.1) is 0 Å². The Labute approximate surface area is 175 Å². The molecule has 0 spiro atoms. The molecular formula is C20H26N2O5S2. The van der Waals surface area contributed by atoms with Crippen LogP contribution in [0.15, 0.2) is 34.5 Å². The third kappa shape index (κ3) is 4.57. The monoisotopic (exact) mass is 438 g/mol. The Morgan fingerprint density at radius 2 is 1.86 bits per heavy atom. The molecule has 29 heavy (non-hydrogen) atoms. The van der Waals surface area contributed by atoms with Crippen LogP contribution in [0.1, 0.15) is 47.5 Å². The first kappa shape index (κ1) is 21.6. The topological polar surface area (TPSA) is 84.9 Å². The Kier molecular flexibility index (Phi) is 6.81. The van der Waals surface area contributed by atoms with Crippen molar-refractivity contribution in [1.29, 1.82) is 0 Å². The van der Waals surface area contributed by atoms with Crippen LogP contribution in [0.25, 0.3) is 0 Å². The van der Waals surface area contributed by atoms with Crippen molar-refractivity contribution >= 4 is 27.3 Å². The maximum absolute atomic E-state index is 13.0. The number of amides is 1. The summed E-state index contributed by atoms with van der Waals surface area (Å²) >= 11 is 1.13. The average Bonchev–Trinajstić information content (AvgIpc) is 3.25. The van der Waals surface area contributed by atoms with Gasteiger partial charge < -0.3 is 14.8 Å². The Morgan fingerprint density at radius 3 is 2.52 bits per heavy atom. The minimum Gasteiger partial charge on any atom is -0.497 e. The standard InChI is InChI=1S/C20H26N2O5S2/c1-14(16-13-15(26-2)7-8-17(16)27-3)21-20(23)19-18(9-12-28-19)29(24,25)22-10-5-4-6-11-22/h7-9,12-14H,4-6,10-11H2,1-3H3,(H,21,23). The highest BCUT2D eigenvalue weighted by atomic mass is 32.2. The van der Waals surface area contributed by atoms with Crippen LogP contribution in [0.3, 0.4) is 0 Å². The van der Waals surface area contributed by atoms with Gasteiger partial charge in [-0.3, -0.25) is 4.79 Å². The molecule has 1 N–H and O–H groups in total. The van der Waals surface area contributed by atoms with Crippen molar-refractivity contribution in [2.75, 3.05) is 27.3 Å². The van der Waals surface area contributed by atoms with E-state index in [1.807, 2.05) is 6.92 Å². The minimum absolute atomic E-state index is 0.0757. The van der Waals surface area contributed by atoms with Gasteiger partial charge in [-0.1, -0.05) is 6.42 Å². The van der Waals surface area contributed by atoms with Gasteiger partial charge in [0, 0.05) is 18.7 Å². The fourth-order valence-electron chi connectivity index (χ4n) is 3.43. The van der Waals surface area contributed by atoms with E-state index in [0.29, 0.717) is 24.6 Å². The zero-order chi connectivity index (χ0) is 21.0. The van der Waals surface area contributed by atoms with Gasteiger partial charge in [-0.25, -0.2) is 8.42 Å². The van der Waals surface area contributed by atoms with Crippen LogP contribution in [0.5, 0.6) is 11.5 Å². The molecule has 7 nitrogen and oxygen atoms in total. The van der Waals surface area contributed by atoms with Crippen molar-refractivity contribution in [3.05, 3.63) is 40.1 Å². The molecule has 0 aliphatic carbocycles. The zero-order valence-electron chi connectivity index (χ0n) is 16.8. The summed E-state index contributed by atoms with van der Waals surface area (Å²) in [4.78, 5) is 13.2. The molecular weight excluding hydrogens is 412 g/mol. The van der Waals surface area contributed by atoms with E-state index in [0.717, 1.165) is 36.2 Å². The van der Waals surface area contributed by atoms with Gasteiger partial charge in [0.05, 0.1) is 20.3 Å². The molecule has 1 aliphatic rings. The van der Waals surface area contributed by atoms with Gasteiger partial charge in [-0.15, -0.1) is 11.3 Å². The number of nitrogens with one attached hydrogen (secondary N) is 1. The summed E-state index contributed by atoms with van der Waals surface area (Å²) in [5.41, 5.74) is 0.747. The predicted octanol–water partition coefficient (Wildman–Crippen LogP) is 3.43. The predicted molar refractivity (Wildman–Crippen MR) is 112 cm³/mol. The fraction of sp³-hybridized carbons (Fsp3) is 0.450. The van der Waals surface area contributed by atoms with E-state index in [9.17, 15) is 13.2 Å². The van der Waals surface area contributed by atoms with E-state index in [1.54, 1.807) is 37.8 Å². The van der Waals surface area contributed by atoms with E-state index < -0.39 is 22.0 Å². The number of nitrogens with zero attached hydrogens (tertiary/aromatic N) is 1. The number of ether oxygens (including phenoxy) is 2. The van der Waals surface area contributed by atoms with E-state index in [2.05, 4.69) is 5.32 Å². The Morgan fingerprint density at radius 1 is 1.14 bits per heavy atom. The molecule has 1 aromatic carbocycles. The molecule has 2 heterocycles. The fourth-order valence-corrected chi connectivity index (χ4v) is 6.25. The van der Waals surface area contributed by atoms with Crippen LogP contribution >= 0.6 is 11.3 Å². The number of methoxy groups -OCH3 is 2. The second kappa shape index (κ2) is 9.15. The number of sulfonamides is 1. The summed E-state index contributed by atoms with van der Waals surface area (Å²) in [6.45, 7) is 2.81. The van der Waals surface area contributed by atoms with Crippen LogP contribution in [-0.2, 0) is 10.0 Å². The lowest BCUT2D eigenvalue weighted by atomic mass is 10.1. The minimum atomic E-state index is -3.68. The maximum atomic E-state index is 13.0. The normalized spacial score (nSPS) is 16.2. The summed E-state index contributed by atoms with van der Waals surface area (Å²) < 4.78 is 38.2. The molecule has 2 aromatic rings. The summed E-state index contributed by atoms with van der Waals surface area (Å²) in [5, 5.41) is 4.53. The molecule has 3 rings (SSSR count). The van der Waals surface area contributed by atoms with E-state index in [1.165, 1.54) is 10.4 Å². The number of carbonyl (C=O) groups is 1. The highest BCUT2D eigenvalue weighted by molar-refractivity contribution is 7.89. The van der Waals surface area contributed by atoms with Gasteiger partial charge in [0.25, 0.3) is 5.91 Å². The van der Waals surface area contributed by atoms with Crippen LogP contribution in [0.4, 0.5) is 0 Å². The van der Waals surface area contributed by atoms with Crippen LogP contribution in [-0.4, -0.2) is 45.9 Å². The molecule has 1 saturated heterocycles. The molecule has 0 bridgehead atoms. The summed E-state index contributed by atoms with van der Waals surface area (Å²) in [7, 11) is -0.554. The number of rotatable bonds is 7. The molecule has 9 heteroatoms. The molecule has 1 aliphatic heterocycles. The van der Waals surface area contributed by atoms with Crippen molar-refractivity contribution in [1.82, 2.24) is 9.62 Å². The molecule has 1 aromatic heterocycles. The Balaban J connectivity index is 1.83. The van der Waals surface area contributed by atoms with Crippen molar-refractivity contribution < 1.29 is 22.7 Å². The van der Waals surface area contributed by atoms with E-state index in [-0.39, 0.29) is 9.77 Å². The van der Waals surface area contributed by atoms with E-state index >= 15 is 0 Å². The number of benzene rings is 1. The summed E-state index contributed by atoms with van der Waals surface area (Å²) in [6.07, 6.45) is 2.72. The van der Waals surface area contributed by atoms with Crippen LogP contribution in [0.2, 0.25) is 0 Å². The zero-order valence-corrected chi connectivity index (χ0v) is 18.4. The Hall–Kier alpha value is -2.10. The number of piperidine rings is 1. The smallest absolute Gasteiger partial charge is 0.263 e. The lowest BCUT2D eigenvalue weighted by Crippen LogP contribution is -2.36. The number of hydrogen-bond acceptors (Lipinski definition) is 6. The second-order valence-corrected chi connectivity index (χ2v) is 9.70. The second-order valence-electron chi connectivity index (χ2n) is 6.88. The lowest BCUT2D eigenvalue weighted by Gasteiger charge is -2.26. The van der Waals surface area contributed by atoms with Crippen molar-refractivity contribution in [3.63, 3.8) is 0 Å². The quantitative estimate of drug-likeness (QED) is 0.716. The number of hydrogen-bond donors (Lipinski definition) is 1. The van der Waals surface area contributed by atoms with Gasteiger partial charge >= 0.3 is 0 Å². The summed E-state index contributed by atoms with van der Waals surface area (Å²) in [6, 6.07) is 6.46. The van der Waals surface area contributed by atoms with E-state index in [4.69, 9.17) is 9.47 Å². The highest BCUT2D eigenvalue weighted by Gasteiger charge is 2.31. The Bertz CT molecular complexity index is 965. The molecule has 0 radical (unpaired) electrons. The highest BCUT2D eigenvalue weighted by Crippen LogP contribution is 2.31. The number of carbonyl (C=O) groups excluding carboxylic acids is 1. The first-order chi connectivity index (χ1) is 13.9. The first-order valence-corrected chi connectivity index (χ1v) is 11.8. The molecule has 0 saturated carbocycles. The average molecular weight is 439 g/mol. The molecule has 158 valence electrons. The molecule has 1 atom stereocenters. The van der Waals surface area contributed by atoms with Gasteiger partial charge in [0.15, 0.2) is 0 Å². The van der Waals surface area contributed by atoms with Crippen molar-refractivity contribution in [2.45, 2.75) is 37.1 Å². The van der Waals surface area contributed by atoms with Gasteiger partial charge in [-0.2, -0.15) is 4.31 Å². The van der Waals surface area contributed by atoms with Gasteiger partial charge in [0.1, 0.15) is 21.3 Å². The first-order valence-electron chi connectivity index (χ1n) is 9.49. The van der Waals surface area contributed by atoms with Crippen LogP contribution < -0.4 is 14.8 Å². The van der Waals surface area contributed by atoms with Crippen molar-refractivity contribution in [2.24, 2.45) is 0 Å². The third-order valence-corrected chi connectivity index (χ3v) is 8.00. The SMILES string of the molecule is COc1ccc(OC)c(C(C)NC(=O)c2sccc2S(=O)(=O)N2CCCCC2)c1.